The van der Waals surface area contributed by atoms with Crippen LogP contribution in [-0.4, -0.2) is 61.1 Å². The number of rotatable bonds is 4. The summed E-state index contributed by atoms with van der Waals surface area (Å²) in [5.41, 5.74) is -0.826. The third kappa shape index (κ3) is 5.27. The van der Waals surface area contributed by atoms with E-state index in [0.717, 1.165) is 12.1 Å². The molecule has 0 atom stereocenters. The summed E-state index contributed by atoms with van der Waals surface area (Å²) < 4.78 is 43.1. The zero-order valence-electron chi connectivity index (χ0n) is 13.8. The SMILES string of the molecule is CCNC(=O)N1CCN(C(=O)COc2cccc(C(F)(F)F)c2)CC1. The lowest BCUT2D eigenvalue weighted by Gasteiger charge is -2.34. The van der Waals surface area contributed by atoms with Crippen LogP contribution >= 0.6 is 0 Å². The molecule has 0 radical (unpaired) electrons. The molecule has 0 spiro atoms. The van der Waals surface area contributed by atoms with Crippen LogP contribution in [0.15, 0.2) is 24.3 Å². The third-order valence-corrected chi connectivity index (χ3v) is 3.77. The molecule has 1 aromatic carbocycles. The Labute approximate surface area is 143 Å². The van der Waals surface area contributed by atoms with Crippen molar-refractivity contribution in [3.8, 4) is 5.75 Å². The van der Waals surface area contributed by atoms with Gasteiger partial charge in [0.05, 0.1) is 5.56 Å². The van der Waals surface area contributed by atoms with Gasteiger partial charge in [-0.25, -0.2) is 4.79 Å². The number of nitrogens with one attached hydrogen (secondary N) is 1. The molecule has 138 valence electrons. The monoisotopic (exact) mass is 359 g/mol. The van der Waals surface area contributed by atoms with E-state index in [-0.39, 0.29) is 24.3 Å². The predicted molar refractivity (Wildman–Crippen MR) is 84.2 cm³/mol. The van der Waals surface area contributed by atoms with E-state index < -0.39 is 11.7 Å². The Bertz CT molecular complexity index is 614. The van der Waals surface area contributed by atoms with Gasteiger partial charge >= 0.3 is 12.2 Å². The van der Waals surface area contributed by atoms with Gasteiger partial charge in [0.25, 0.3) is 5.91 Å². The van der Waals surface area contributed by atoms with Crippen molar-refractivity contribution < 1.29 is 27.5 Å². The average Bonchev–Trinajstić information content (AvgIpc) is 2.59. The molecular weight excluding hydrogens is 339 g/mol. The van der Waals surface area contributed by atoms with Crippen molar-refractivity contribution in [2.24, 2.45) is 0 Å². The molecule has 9 heteroatoms. The number of hydrogen-bond acceptors (Lipinski definition) is 3. The molecule has 1 saturated heterocycles. The van der Waals surface area contributed by atoms with Crippen LogP contribution < -0.4 is 10.1 Å². The van der Waals surface area contributed by atoms with Crippen LogP contribution in [0.3, 0.4) is 0 Å². The number of benzene rings is 1. The van der Waals surface area contributed by atoms with E-state index in [1.807, 2.05) is 6.92 Å². The number of ether oxygens (including phenoxy) is 1. The fraction of sp³-hybridized carbons (Fsp3) is 0.500. The highest BCUT2D eigenvalue weighted by Gasteiger charge is 2.30. The molecule has 0 saturated carbocycles. The van der Waals surface area contributed by atoms with Crippen LogP contribution in [0.25, 0.3) is 0 Å². The predicted octanol–water partition coefficient (Wildman–Crippen LogP) is 1.96. The minimum Gasteiger partial charge on any atom is -0.484 e. The van der Waals surface area contributed by atoms with Crippen LogP contribution in [-0.2, 0) is 11.0 Å². The first-order chi connectivity index (χ1) is 11.8. The molecule has 1 aliphatic rings. The summed E-state index contributed by atoms with van der Waals surface area (Å²) in [7, 11) is 0. The summed E-state index contributed by atoms with van der Waals surface area (Å²) in [6.45, 7) is 3.54. The van der Waals surface area contributed by atoms with Crippen molar-refractivity contribution in [2.45, 2.75) is 13.1 Å². The van der Waals surface area contributed by atoms with E-state index in [4.69, 9.17) is 4.74 Å². The number of urea groups is 1. The highest BCUT2D eigenvalue weighted by molar-refractivity contribution is 5.79. The first-order valence-electron chi connectivity index (χ1n) is 7.92. The van der Waals surface area contributed by atoms with Crippen molar-refractivity contribution in [2.75, 3.05) is 39.3 Å². The van der Waals surface area contributed by atoms with E-state index in [1.54, 1.807) is 4.90 Å². The van der Waals surface area contributed by atoms with Gasteiger partial charge in [0.1, 0.15) is 5.75 Å². The lowest BCUT2D eigenvalue weighted by atomic mass is 10.2. The Morgan fingerprint density at radius 1 is 1.16 bits per heavy atom. The molecular formula is C16H20F3N3O3. The van der Waals surface area contributed by atoms with E-state index in [9.17, 15) is 22.8 Å². The van der Waals surface area contributed by atoms with Gasteiger partial charge < -0.3 is 19.9 Å². The van der Waals surface area contributed by atoms with Crippen molar-refractivity contribution >= 4 is 11.9 Å². The van der Waals surface area contributed by atoms with Crippen molar-refractivity contribution in [1.29, 1.82) is 0 Å². The first-order valence-corrected chi connectivity index (χ1v) is 7.92. The Hall–Kier alpha value is -2.45. The molecule has 1 heterocycles. The van der Waals surface area contributed by atoms with Crippen LogP contribution in [0.5, 0.6) is 5.75 Å². The van der Waals surface area contributed by atoms with Crippen LogP contribution in [0.1, 0.15) is 12.5 Å². The third-order valence-electron chi connectivity index (χ3n) is 3.77. The van der Waals surface area contributed by atoms with E-state index in [2.05, 4.69) is 5.32 Å². The van der Waals surface area contributed by atoms with Gasteiger partial charge in [-0.3, -0.25) is 4.79 Å². The first kappa shape index (κ1) is 18.9. The maximum atomic E-state index is 12.6. The number of alkyl halides is 3. The second kappa shape index (κ2) is 8.09. The molecule has 0 bridgehead atoms. The summed E-state index contributed by atoms with van der Waals surface area (Å²) in [5.74, 6) is -0.336. The van der Waals surface area contributed by atoms with Gasteiger partial charge in [0.2, 0.25) is 0 Å². The standard InChI is InChI=1S/C16H20F3N3O3/c1-2-20-15(24)22-8-6-21(7-9-22)14(23)11-25-13-5-3-4-12(10-13)16(17,18)19/h3-5,10H,2,6-9,11H2,1H3,(H,20,24). The number of hydrogen-bond donors (Lipinski definition) is 1. The van der Waals surface area contributed by atoms with E-state index in [1.165, 1.54) is 17.0 Å². The maximum Gasteiger partial charge on any atom is 0.416 e. The summed E-state index contributed by atoms with van der Waals surface area (Å²) in [6, 6.07) is 4.23. The molecule has 1 aromatic rings. The van der Waals surface area contributed by atoms with Gasteiger partial charge in [-0.15, -0.1) is 0 Å². The van der Waals surface area contributed by atoms with Crippen LogP contribution in [0, 0.1) is 0 Å². The molecule has 1 aliphatic heterocycles. The maximum absolute atomic E-state index is 12.6. The molecule has 0 unspecified atom stereocenters. The van der Waals surface area contributed by atoms with Crippen molar-refractivity contribution in [3.63, 3.8) is 0 Å². The zero-order chi connectivity index (χ0) is 18.4. The molecule has 0 aliphatic carbocycles. The lowest BCUT2D eigenvalue weighted by molar-refractivity contribution is -0.137. The largest absolute Gasteiger partial charge is 0.484 e. The van der Waals surface area contributed by atoms with Crippen LogP contribution in [0.2, 0.25) is 0 Å². The summed E-state index contributed by atoms with van der Waals surface area (Å²) in [6.07, 6.45) is -4.46. The normalized spacial score (nSPS) is 15.0. The smallest absolute Gasteiger partial charge is 0.416 e. The highest BCUT2D eigenvalue weighted by Crippen LogP contribution is 2.31. The Morgan fingerprint density at radius 3 is 2.40 bits per heavy atom. The molecule has 6 nitrogen and oxygen atoms in total. The zero-order valence-corrected chi connectivity index (χ0v) is 13.8. The van der Waals surface area contributed by atoms with Gasteiger partial charge in [0, 0.05) is 32.7 Å². The molecule has 2 rings (SSSR count). The van der Waals surface area contributed by atoms with Crippen LogP contribution in [0.4, 0.5) is 18.0 Å². The summed E-state index contributed by atoms with van der Waals surface area (Å²) in [5, 5.41) is 2.69. The minimum absolute atomic E-state index is 0.0101. The fourth-order valence-electron chi connectivity index (χ4n) is 2.42. The lowest BCUT2D eigenvalue weighted by Crippen LogP contribution is -2.53. The van der Waals surface area contributed by atoms with Gasteiger partial charge in [-0.2, -0.15) is 13.2 Å². The van der Waals surface area contributed by atoms with Gasteiger partial charge in [-0.05, 0) is 25.1 Å². The molecule has 1 N–H and O–H groups in total. The van der Waals surface area contributed by atoms with Crippen molar-refractivity contribution in [3.05, 3.63) is 29.8 Å². The summed E-state index contributed by atoms with van der Waals surface area (Å²) in [4.78, 5) is 27.0. The van der Waals surface area contributed by atoms with Gasteiger partial charge in [-0.1, -0.05) is 6.07 Å². The molecule has 0 aromatic heterocycles. The Balaban J connectivity index is 1.83. The van der Waals surface area contributed by atoms with E-state index in [0.29, 0.717) is 32.7 Å². The Morgan fingerprint density at radius 2 is 1.80 bits per heavy atom. The second-order valence-electron chi connectivity index (χ2n) is 5.52. The molecule has 3 amide bonds. The fourth-order valence-corrected chi connectivity index (χ4v) is 2.42. The molecule has 25 heavy (non-hydrogen) atoms. The highest BCUT2D eigenvalue weighted by atomic mass is 19.4. The quantitative estimate of drug-likeness (QED) is 0.894. The average molecular weight is 359 g/mol. The number of nitrogens with zero attached hydrogens (tertiary/aromatic N) is 2. The Kier molecular flexibility index (Phi) is 6.11. The number of piperazine rings is 1. The second-order valence-corrected chi connectivity index (χ2v) is 5.52. The van der Waals surface area contributed by atoms with Crippen molar-refractivity contribution in [1.82, 2.24) is 15.1 Å². The molecule has 1 fully saturated rings. The number of carbonyl (C=O) groups excluding carboxylic acids is 2. The number of halogens is 3. The van der Waals surface area contributed by atoms with E-state index >= 15 is 0 Å². The van der Waals surface area contributed by atoms with Gasteiger partial charge in [0.15, 0.2) is 6.61 Å². The minimum atomic E-state index is -4.46. The number of amides is 3. The summed E-state index contributed by atoms with van der Waals surface area (Å²) >= 11 is 0. The number of carbonyl (C=O) groups is 2. The topological polar surface area (TPSA) is 61.9 Å².